The highest BCUT2D eigenvalue weighted by Crippen LogP contribution is 2.27. The van der Waals surface area contributed by atoms with Crippen molar-refractivity contribution < 1.29 is 19.4 Å². The summed E-state index contributed by atoms with van der Waals surface area (Å²) in [4.78, 5) is 25.3. The van der Waals surface area contributed by atoms with Gasteiger partial charge in [0.15, 0.2) is 0 Å². The maximum absolute atomic E-state index is 12.3. The molecular weight excluding hydrogens is 316 g/mol. The fourth-order valence-electron chi connectivity index (χ4n) is 2.08. The second kappa shape index (κ2) is 7.26. The molecule has 1 amide bonds. The van der Waals surface area contributed by atoms with Gasteiger partial charge >= 0.3 is 5.97 Å². The van der Waals surface area contributed by atoms with Gasteiger partial charge in [0, 0.05) is 11.9 Å². The average molecular weight is 334 g/mol. The van der Waals surface area contributed by atoms with Gasteiger partial charge in [-0.3, -0.25) is 4.79 Å². The van der Waals surface area contributed by atoms with E-state index in [1.54, 1.807) is 6.07 Å². The molecule has 0 atom stereocenters. The molecule has 0 fully saturated rings. The number of carbonyl (C=O) groups excluding carboxylic acids is 1. The molecule has 0 spiro atoms. The van der Waals surface area contributed by atoms with Crippen molar-refractivity contribution >= 4 is 28.9 Å². The Kier molecular flexibility index (Phi) is 5.36. The average Bonchev–Trinajstić information content (AvgIpc) is 2.97. The van der Waals surface area contributed by atoms with Crippen LogP contribution in [-0.2, 0) is 6.54 Å². The predicted molar refractivity (Wildman–Crippen MR) is 89.6 cm³/mol. The van der Waals surface area contributed by atoms with Gasteiger partial charge in [-0.2, -0.15) is 0 Å². The van der Waals surface area contributed by atoms with Crippen molar-refractivity contribution in [2.24, 2.45) is 0 Å². The fraction of sp³-hybridized carbons (Fsp3) is 0.250. The highest BCUT2D eigenvalue weighted by atomic mass is 32.1. The molecule has 7 heteroatoms. The number of amides is 1. The van der Waals surface area contributed by atoms with Crippen LogP contribution < -0.4 is 10.1 Å². The Hall–Kier alpha value is -2.38. The number of ether oxygens (including phenoxy) is 1. The van der Waals surface area contributed by atoms with Crippen molar-refractivity contribution in [2.45, 2.75) is 6.54 Å². The quantitative estimate of drug-likeness (QED) is 0.849. The number of nitrogens with zero attached hydrogens (tertiary/aromatic N) is 1. The molecule has 0 bridgehead atoms. The summed E-state index contributed by atoms with van der Waals surface area (Å²) >= 11 is 1.02. The van der Waals surface area contributed by atoms with Crippen molar-refractivity contribution in [3.05, 3.63) is 45.6 Å². The summed E-state index contributed by atoms with van der Waals surface area (Å²) in [6.07, 6.45) is 0. The molecule has 0 saturated heterocycles. The van der Waals surface area contributed by atoms with E-state index in [-0.39, 0.29) is 10.8 Å². The van der Waals surface area contributed by atoms with Crippen LogP contribution in [0.4, 0.5) is 5.69 Å². The number of benzene rings is 1. The van der Waals surface area contributed by atoms with Gasteiger partial charge in [-0.1, -0.05) is 6.07 Å². The minimum atomic E-state index is -1.04. The molecule has 0 radical (unpaired) electrons. The largest absolute Gasteiger partial charge is 0.495 e. The van der Waals surface area contributed by atoms with E-state index >= 15 is 0 Å². The number of carbonyl (C=O) groups is 2. The van der Waals surface area contributed by atoms with Crippen LogP contribution in [0.1, 0.15) is 25.6 Å². The lowest BCUT2D eigenvalue weighted by Gasteiger charge is -2.14. The molecular formula is C16H18N2O4S. The molecule has 1 heterocycles. The lowest BCUT2D eigenvalue weighted by atomic mass is 10.1. The summed E-state index contributed by atoms with van der Waals surface area (Å²) in [5.74, 6) is -0.858. The first kappa shape index (κ1) is 17.0. The molecule has 0 unspecified atom stereocenters. The molecule has 122 valence electrons. The third-order valence-corrected chi connectivity index (χ3v) is 4.00. The third kappa shape index (κ3) is 4.30. The van der Waals surface area contributed by atoms with Crippen LogP contribution in [0.25, 0.3) is 0 Å². The fourth-order valence-corrected chi connectivity index (χ4v) is 2.80. The van der Waals surface area contributed by atoms with Crippen LogP contribution in [0.5, 0.6) is 5.75 Å². The predicted octanol–water partition coefficient (Wildman–Crippen LogP) is 2.77. The minimum absolute atomic E-state index is 0.128. The SMILES string of the molecule is COc1ccc(CN(C)C)cc1NC(=O)c1csc(C(=O)O)c1. The Labute approximate surface area is 138 Å². The number of methoxy groups -OCH3 is 1. The summed E-state index contributed by atoms with van der Waals surface area (Å²) in [5.41, 5.74) is 1.90. The molecule has 2 rings (SSSR count). The Morgan fingerprint density at radius 3 is 2.61 bits per heavy atom. The molecule has 0 aliphatic heterocycles. The molecule has 0 aliphatic rings. The molecule has 0 saturated carbocycles. The van der Waals surface area contributed by atoms with Crippen molar-refractivity contribution in [1.29, 1.82) is 0 Å². The summed E-state index contributed by atoms with van der Waals surface area (Å²) in [7, 11) is 5.45. The second-order valence-corrected chi connectivity index (χ2v) is 6.14. The van der Waals surface area contributed by atoms with E-state index < -0.39 is 5.97 Å². The number of hydrogen-bond acceptors (Lipinski definition) is 5. The molecule has 0 aliphatic carbocycles. The molecule has 1 aromatic heterocycles. The first-order valence-corrected chi connectivity index (χ1v) is 7.73. The van der Waals surface area contributed by atoms with Gasteiger partial charge in [0.25, 0.3) is 5.91 Å². The van der Waals surface area contributed by atoms with E-state index in [0.717, 1.165) is 23.4 Å². The van der Waals surface area contributed by atoms with E-state index in [2.05, 4.69) is 5.32 Å². The third-order valence-electron chi connectivity index (χ3n) is 3.08. The smallest absolute Gasteiger partial charge is 0.345 e. The van der Waals surface area contributed by atoms with E-state index in [9.17, 15) is 9.59 Å². The molecule has 6 nitrogen and oxygen atoms in total. The van der Waals surface area contributed by atoms with Crippen LogP contribution in [0.3, 0.4) is 0 Å². The monoisotopic (exact) mass is 334 g/mol. The van der Waals surface area contributed by atoms with Gasteiger partial charge in [0.2, 0.25) is 0 Å². The molecule has 2 aromatic rings. The van der Waals surface area contributed by atoms with Gasteiger partial charge in [-0.05, 0) is 37.9 Å². The number of thiophene rings is 1. The van der Waals surface area contributed by atoms with E-state index in [1.165, 1.54) is 18.6 Å². The maximum atomic E-state index is 12.3. The van der Waals surface area contributed by atoms with E-state index in [4.69, 9.17) is 9.84 Å². The first-order chi connectivity index (χ1) is 10.9. The van der Waals surface area contributed by atoms with Crippen LogP contribution in [0.15, 0.2) is 29.6 Å². The number of rotatable bonds is 6. The zero-order valence-electron chi connectivity index (χ0n) is 13.1. The lowest BCUT2D eigenvalue weighted by Crippen LogP contribution is -2.14. The number of nitrogens with one attached hydrogen (secondary N) is 1. The minimum Gasteiger partial charge on any atom is -0.495 e. The van der Waals surface area contributed by atoms with Crippen molar-refractivity contribution in [3.8, 4) is 5.75 Å². The number of carboxylic acids is 1. The van der Waals surface area contributed by atoms with Crippen molar-refractivity contribution in [1.82, 2.24) is 4.90 Å². The van der Waals surface area contributed by atoms with Crippen LogP contribution >= 0.6 is 11.3 Å². The van der Waals surface area contributed by atoms with Crippen molar-refractivity contribution in [2.75, 3.05) is 26.5 Å². The second-order valence-electron chi connectivity index (χ2n) is 5.23. The summed E-state index contributed by atoms with van der Waals surface area (Å²) in [6.45, 7) is 0.731. The summed E-state index contributed by atoms with van der Waals surface area (Å²) in [6, 6.07) is 6.94. The Balaban J connectivity index is 2.22. The first-order valence-electron chi connectivity index (χ1n) is 6.85. The van der Waals surface area contributed by atoms with Gasteiger partial charge in [0.1, 0.15) is 10.6 Å². The van der Waals surface area contributed by atoms with Crippen LogP contribution in [-0.4, -0.2) is 43.1 Å². The maximum Gasteiger partial charge on any atom is 0.345 e. The summed E-state index contributed by atoms with van der Waals surface area (Å²) in [5, 5.41) is 13.2. The topological polar surface area (TPSA) is 78.9 Å². The zero-order valence-corrected chi connectivity index (χ0v) is 13.9. The Bertz CT molecular complexity index is 725. The van der Waals surface area contributed by atoms with Crippen molar-refractivity contribution in [3.63, 3.8) is 0 Å². The number of aromatic carboxylic acids is 1. The molecule has 1 aromatic carbocycles. The van der Waals surface area contributed by atoms with Gasteiger partial charge in [-0.15, -0.1) is 11.3 Å². The molecule has 23 heavy (non-hydrogen) atoms. The van der Waals surface area contributed by atoms with Crippen LogP contribution in [0.2, 0.25) is 0 Å². The lowest BCUT2D eigenvalue weighted by molar-refractivity contribution is 0.0702. The zero-order chi connectivity index (χ0) is 17.0. The highest BCUT2D eigenvalue weighted by Gasteiger charge is 2.15. The van der Waals surface area contributed by atoms with Crippen LogP contribution in [0, 0.1) is 0 Å². The molecule has 2 N–H and O–H groups in total. The number of anilines is 1. The van der Waals surface area contributed by atoms with Gasteiger partial charge in [0.05, 0.1) is 18.4 Å². The van der Waals surface area contributed by atoms with E-state index in [0.29, 0.717) is 17.0 Å². The van der Waals surface area contributed by atoms with Gasteiger partial charge in [-0.25, -0.2) is 4.79 Å². The van der Waals surface area contributed by atoms with E-state index in [1.807, 2.05) is 31.1 Å². The number of hydrogen-bond donors (Lipinski definition) is 2. The Morgan fingerprint density at radius 1 is 1.30 bits per heavy atom. The number of carboxylic acid groups (broad SMARTS) is 1. The van der Waals surface area contributed by atoms with Gasteiger partial charge < -0.3 is 20.1 Å². The normalized spacial score (nSPS) is 10.6. The summed E-state index contributed by atoms with van der Waals surface area (Å²) < 4.78 is 5.27. The standard InChI is InChI=1S/C16H18N2O4S/c1-18(2)8-10-4-5-13(22-3)12(6-10)17-15(19)11-7-14(16(20)21)23-9-11/h4-7,9H,8H2,1-3H3,(H,17,19)(H,20,21). The Morgan fingerprint density at radius 2 is 2.04 bits per heavy atom. The highest BCUT2D eigenvalue weighted by molar-refractivity contribution is 7.12.